The first-order valence-corrected chi connectivity index (χ1v) is 14.3. The number of carbonyl (C=O) groups excluding carboxylic acids is 3. The average molecular weight is 508 g/mol. The summed E-state index contributed by atoms with van der Waals surface area (Å²) in [6.07, 6.45) is 8.84. The molecule has 0 amide bonds. The fourth-order valence-electron chi connectivity index (χ4n) is 10.6. The summed E-state index contributed by atoms with van der Waals surface area (Å²) in [4.78, 5) is 40.5. The highest BCUT2D eigenvalue weighted by Gasteiger charge is 2.70. The molecule has 0 aromatic rings. The molecular formula is C32H45NO4. The molecule has 0 heterocycles. The summed E-state index contributed by atoms with van der Waals surface area (Å²) in [6.45, 7) is 15.3. The Balaban J connectivity index is 1.63. The van der Waals surface area contributed by atoms with Crippen molar-refractivity contribution < 1.29 is 19.1 Å². The van der Waals surface area contributed by atoms with E-state index in [1.54, 1.807) is 0 Å². The van der Waals surface area contributed by atoms with Crippen molar-refractivity contribution in [3.63, 3.8) is 0 Å². The molecule has 9 atom stereocenters. The van der Waals surface area contributed by atoms with Crippen LogP contribution in [0.5, 0.6) is 0 Å². The minimum atomic E-state index is -0.631. The van der Waals surface area contributed by atoms with Gasteiger partial charge in [0.15, 0.2) is 11.6 Å². The first-order chi connectivity index (χ1) is 17.0. The third-order valence-electron chi connectivity index (χ3n) is 13.2. The van der Waals surface area contributed by atoms with Crippen LogP contribution in [0.25, 0.3) is 0 Å². The number of Topliss-reactive ketones (excluding diaryl/α,β-unsaturated/α-hetero) is 1. The lowest BCUT2D eigenvalue weighted by Crippen LogP contribution is -2.65. The first-order valence-electron chi connectivity index (χ1n) is 14.3. The van der Waals surface area contributed by atoms with Crippen LogP contribution in [0.2, 0.25) is 0 Å². The van der Waals surface area contributed by atoms with Gasteiger partial charge in [-0.25, -0.2) is 0 Å². The summed E-state index contributed by atoms with van der Waals surface area (Å²) < 4.78 is 5.23. The fraction of sp³-hybridized carbons (Fsp3) is 0.812. The molecule has 5 heteroatoms. The second-order valence-corrected chi connectivity index (χ2v) is 15.2. The summed E-state index contributed by atoms with van der Waals surface area (Å²) in [5.41, 5.74) is -0.686. The smallest absolute Gasteiger partial charge is 0.311 e. The van der Waals surface area contributed by atoms with Gasteiger partial charge in [0.1, 0.15) is 5.92 Å². The third kappa shape index (κ3) is 3.17. The summed E-state index contributed by atoms with van der Waals surface area (Å²) in [6, 6.07) is 2.31. The van der Waals surface area contributed by atoms with E-state index in [1.165, 1.54) is 12.7 Å². The second-order valence-electron chi connectivity index (χ2n) is 15.2. The molecule has 202 valence electrons. The SMILES string of the molecule is COC(=O)C1(C)CCC2(C)CCC3(C)C(C(=O)C=C4C5(C)CC(C#N)C(=O)C(C)(C)C5CCC43C)C2C1. The van der Waals surface area contributed by atoms with Gasteiger partial charge < -0.3 is 4.74 Å². The lowest BCUT2D eigenvalue weighted by Gasteiger charge is -2.69. The number of allylic oxidation sites excluding steroid dienone is 2. The largest absolute Gasteiger partial charge is 0.469 e. The monoisotopic (exact) mass is 507 g/mol. The number of ketones is 2. The second kappa shape index (κ2) is 7.80. The number of methoxy groups -OCH3 is 1. The molecule has 5 aliphatic rings. The number of rotatable bonds is 1. The van der Waals surface area contributed by atoms with Crippen molar-refractivity contribution in [3.05, 3.63) is 11.6 Å². The molecule has 37 heavy (non-hydrogen) atoms. The number of hydrogen-bond donors (Lipinski definition) is 0. The van der Waals surface area contributed by atoms with Crippen molar-refractivity contribution in [1.29, 1.82) is 5.26 Å². The van der Waals surface area contributed by atoms with Gasteiger partial charge in [0.25, 0.3) is 0 Å². The zero-order chi connectivity index (χ0) is 27.4. The first kappa shape index (κ1) is 26.6. The van der Waals surface area contributed by atoms with Crippen LogP contribution in [0.4, 0.5) is 0 Å². The van der Waals surface area contributed by atoms with Gasteiger partial charge in [-0.1, -0.05) is 47.1 Å². The number of esters is 1. The molecule has 0 N–H and O–H groups in total. The zero-order valence-electron chi connectivity index (χ0n) is 24.1. The van der Waals surface area contributed by atoms with Crippen molar-refractivity contribution >= 4 is 17.5 Å². The van der Waals surface area contributed by atoms with Crippen LogP contribution in [0.3, 0.4) is 0 Å². The van der Waals surface area contributed by atoms with Gasteiger partial charge in [-0.05, 0) is 97.9 Å². The van der Waals surface area contributed by atoms with Crippen molar-refractivity contribution in [1.82, 2.24) is 0 Å². The Morgan fingerprint density at radius 3 is 2.24 bits per heavy atom. The lowest BCUT2D eigenvalue weighted by atomic mass is 9.33. The van der Waals surface area contributed by atoms with Crippen LogP contribution in [0.15, 0.2) is 11.6 Å². The predicted octanol–water partition coefficient (Wildman–Crippen LogP) is 6.46. The van der Waals surface area contributed by atoms with Crippen LogP contribution in [-0.4, -0.2) is 24.6 Å². The molecule has 0 aromatic heterocycles. The molecule has 0 saturated heterocycles. The van der Waals surface area contributed by atoms with Crippen molar-refractivity contribution in [2.45, 2.75) is 99.8 Å². The Morgan fingerprint density at radius 2 is 1.62 bits per heavy atom. The summed E-state index contributed by atoms with van der Waals surface area (Å²) in [5.74, 6) is -0.403. The minimum absolute atomic E-state index is 0.0430. The molecule has 4 saturated carbocycles. The molecule has 4 fully saturated rings. The molecule has 0 aliphatic heterocycles. The van der Waals surface area contributed by atoms with Gasteiger partial charge in [0.05, 0.1) is 18.6 Å². The number of fused-ring (bicyclic) bond motifs is 7. The molecule has 9 unspecified atom stereocenters. The van der Waals surface area contributed by atoms with E-state index in [-0.39, 0.29) is 56.9 Å². The fourth-order valence-corrected chi connectivity index (χ4v) is 10.6. The summed E-state index contributed by atoms with van der Waals surface area (Å²) >= 11 is 0. The zero-order valence-corrected chi connectivity index (χ0v) is 24.1. The third-order valence-corrected chi connectivity index (χ3v) is 13.2. The molecule has 5 aliphatic carbocycles. The van der Waals surface area contributed by atoms with Crippen LogP contribution in [-0.2, 0) is 19.1 Å². The Hall–Kier alpha value is -1.96. The van der Waals surface area contributed by atoms with Crippen molar-refractivity contribution in [2.24, 2.45) is 56.2 Å². The molecule has 0 spiro atoms. The molecule has 0 bridgehead atoms. The van der Waals surface area contributed by atoms with Gasteiger partial charge in [0, 0.05) is 11.3 Å². The predicted molar refractivity (Wildman–Crippen MR) is 141 cm³/mol. The Morgan fingerprint density at radius 1 is 0.973 bits per heavy atom. The Labute approximate surface area is 222 Å². The Bertz CT molecular complexity index is 1150. The summed E-state index contributed by atoms with van der Waals surface area (Å²) in [5, 5.41) is 9.93. The van der Waals surface area contributed by atoms with Gasteiger partial charge in [-0.15, -0.1) is 0 Å². The highest BCUT2D eigenvalue weighted by atomic mass is 16.5. The maximum atomic E-state index is 14.3. The molecule has 5 nitrogen and oxygen atoms in total. The normalized spacial score (nSPS) is 50.4. The van der Waals surface area contributed by atoms with Crippen LogP contribution >= 0.6 is 0 Å². The van der Waals surface area contributed by atoms with Crippen LogP contribution < -0.4 is 0 Å². The molecule has 5 rings (SSSR count). The standard InChI is InChI=1S/C32H45NO4/c1-27(2)22-9-10-31(6)23(30(22,5)16-19(18-33)25(27)35)15-21(34)24-20-17-29(4,26(36)37-8)12-11-28(20,3)13-14-32(24,31)7/h15,19-20,22,24H,9-14,16-17H2,1-8H3. The minimum Gasteiger partial charge on any atom is -0.469 e. The highest BCUT2D eigenvalue weighted by Crippen LogP contribution is 2.75. The van der Waals surface area contributed by atoms with Crippen LogP contribution in [0, 0.1) is 67.5 Å². The van der Waals surface area contributed by atoms with Gasteiger partial charge >= 0.3 is 5.97 Å². The number of ether oxygens (including phenoxy) is 1. The number of nitriles is 1. The quantitative estimate of drug-likeness (QED) is 0.380. The van der Waals surface area contributed by atoms with E-state index in [0.29, 0.717) is 12.8 Å². The highest BCUT2D eigenvalue weighted by molar-refractivity contribution is 5.96. The Kier molecular flexibility index (Phi) is 5.61. The van der Waals surface area contributed by atoms with Gasteiger partial charge in [-0.3, -0.25) is 14.4 Å². The van der Waals surface area contributed by atoms with E-state index in [2.05, 4.69) is 33.8 Å². The average Bonchev–Trinajstić information content (AvgIpc) is 2.83. The van der Waals surface area contributed by atoms with Crippen molar-refractivity contribution in [2.75, 3.05) is 7.11 Å². The van der Waals surface area contributed by atoms with E-state index in [0.717, 1.165) is 38.5 Å². The van der Waals surface area contributed by atoms with E-state index < -0.39 is 16.7 Å². The molecule has 0 aromatic carbocycles. The number of hydrogen-bond acceptors (Lipinski definition) is 5. The van der Waals surface area contributed by atoms with E-state index in [9.17, 15) is 19.6 Å². The molecule has 0 radical (unpaired) electrons. The molecular weight excluding hydrogens is 462 g/mol. The van der Waals surface area contributed by atoms with Gasteiger partial charge in [0.2, 0.25) is 0 Å². The van der Waals surface area contributed by atoms with Gasteiger partial charge in [-0.2, -0.15) is 5.26 Å². The topological polar surface area (TPSA) is 84.2 Å². The number of nitrogens with zero attached hydrogens (tertiary/aromatic N) is 1. The lowest BCUT2D eigenvalue weighted by molar-refractivity contribution is -0.182. The maximum Gasteiger partial charge on any atom is 0.311 e. The number of carbonyl (C=O) groups is 3. The van der Waals surface area contributed by atoms with E-state index in [4.69, 9.17) is 4.74 Å². The van der Waals surface area contributed by atoms with E-state index >= 15 is 0 Å². The van der Waals surface area contributed by atoms with Crippen LogP contribution in [0.1, 0.15) is 99.8 Å². The van der Waals surface area contributed by atoms with Crippen molar-refractivity contribution in [3.8, 4) is 6.07 Å². The summed E-state index contributed by atoms with van der Waals surface area (Å²) in [7, 11) is 1.47. The van der Waals surface area contributed by atoms with E-state index in [1.807, 2.05) is 26.8 Å². The maximum absolute atomic E-state index is 14.3.